The molecule has 3 aromatic carbocycles. The Morgan fingerprint density at radius 1 is 1.00 bits per heavy atom. The van der Waals surface area contributed by atoms with Gasteiger partial charge in [-0.15, -0.1) is 5.10 Å². The van der Waals surface area contributed by atoms with Crippen molar-refractivity contribution in [2.24, 2.45) is 0 Å². The van der Waals surface area contributed by atoms with Crippen LogP contribution in [0.15, 0.2) is 79.1 Å². The summed E-state index contributed by atoms with van der Waals surface area (Å²) in [5.74, 6) is 2.41. The lowest BCUT2D eigenvalue weighted by atomic mass is 9.84. The van der Waals surface area contributed by atoms with E-state index in [0.717, 1.165) is 28.0 Å². The Hall–Kier alpha value is -3.90. The molecular formula is C25H17ClN4O2. The van der Waals surface area contributed by atoms with Crippen molar-refractivity contribution >= 4 is 17.2 Å². The molecule has 1 aliphatic rings. The van der Waals surface area contributed by atoms with E-state index in [1.165, 1.54) is 0 Å². The molecule has 3 heterocycles. The summed E-state index contributed by atoms with van der Waals surface area (Å²) >= 11 is 6.18. The van der Waals surface area contributed by atoms with Gasteiger partial charge in [0.1, 0.15) is 17.8 Å². The molecule has 0 aliphatic carbocycles. The first-order valence-corrected chi connectivity index (χ1v) is 10.5. The molecule has 0 radical (unpaired) electrons. The third-order valence-corrected chi connectivity index (χ3v) is 5.90. The Kier molecular flexibility index (Phi) is 4.33. The van der Waals surface area contributed by atoms with E-state index in [9.17, 15) is 0 Å². The molecule has 0 amide bonds. The molecule has 0 N–H and O–H groups in total. The summed E-state index contributed by atoms with van der Waals surface area (Å²) in [5, 5.41) is 5.34. The SMILES string of the molecule is COc1ccc2c(c1)Oc1ncn3nc(-c4ccccc4)nc3c1C2c1ccc(Cl)cc1. The number of halogens is 1. The van der Waals surface area contributed by atoms with E-state index in [0.29, 0.717) is 28.1 Å². The van der Waals surface area contributed by atoms with Gasteiger partial charge in [0.15, 0.2) is 11.5 Å². The van der Waals surface area contributed by atoms with Crippen molar-refractivity contribution in [1.82, 2.24) is 19.6 Å². The van der Waals surface area contributed by atoms with Gasteiger partial charge in [-0.2, -0.15) is 0 Å². The highest BCUT2D eigenvalue weighted by Crippen LogP contribution is 2.48. The van der Waals surface area contributed by atoms with Crippen molar-refractivity contribution in [2.75, 3.05) is 7.11 Å². The summed E-state index contributed by atoms with van der Waals surface area (Å²) in [7, 11) is 1.64. The first kappa shape index (κ1) is 18.8. The molecule has 1 aliphatic heterocycles. The fraction of sp³-hybridized carbons (Fsp3) is 0.0800. The van der Waals surface area contributed by atoms with Gasteiger partial charge >= 0.3 is 0 Å². The lowest BCUT2D eigenvalue weighted by Crippen LogP contribution is -2.15. The number of hydrogen-bond donors (Lipinski definition) is 0. The fourth-order valence-electron chi connectivity index (χ4n) is 4.13. The number of nitrogens with zero attached hydrogens (tertiary/aromatic N) is 4. The van der Waals surface area contributed by atoms with Gasteiger partial charge in [-0.25, -0.2) is 14.5 Å². The van der Waals surface area contributed by atoms with Crippen LogP contribution in [0, 0.1) is 0 Å². The Morgan fingerprint density at radius 3 is 2.59 bits per heavy atom. The van der Waals surface area contributed by atoms with Gasteiger partial charge in [0.05, 0.1) is 12.7 Å². The molecule has 0 bridgehead atoms. The van der Waals surface area contributed by atoms with E-state index in [-0.39, 0.29) is 5.92 Å². The van der Waals surface area contributed by atoms with Crippen LogP contribution in [0.1, 0.15) is 22.6 Å². The minimum absolute atomic E-state index is 0.152. The second-order valence-corrected chi connectivity index (χ2v) is 7.96. The average molecular weight is 441 g/mol. The molecule has 2 aromatic heterocycles. The van der Waals surface area contributed by atoms with E-state index in [2.05, 4.69) is 10.1 Å². The number of rotatable bonds is 3. The summed E-state index contributed by atoms with van der Waals surface area (Å²) < 4.78 is 13.3. The number of methoxy groups -OCH3 is 1. The third-order valence-electron chi connectivity index (χ3n) is 5.65. The number of benzene rings is 3. The molecule has 1 unspecified atom stereocenters. The van der Waals surface area contributed by atoms with Crippen molar-refractivity contribution in [3.05, 3.63) is 101 Å². The largest absolute Gasteiger partial charge is 0.497 e. The number of aromatic nitrogens is 4. The van der Waals surface area contributed by atoms with E-state index in [1.807, 2.05) is 72.8 Å². The Morgan fingerprint density at radius 2 is 1.81 bits per heavy atom. The van der Waals surface area contributed by atoms with Gasteiger partial charge in [0.2, 0.25) is 5.88 Å². The highest BCUT2D eigenvalue weighted by atomic mass is 35.5. The topological polar surface area (TPSA) is 61.5 Å². The van der Waals surface area contributed by atoms with Gasteiger partial charge < -0.3 is 9.47 Å². The highest BCUT2D eigenvalue weighted by molar-refractivity contribution is 6.30. The Bertz CT molecular complexity index is 1450. The maximum atomic E-state index is 6.22. The zero-order valence-electron chi connectivity index (χ0n) is 17.1. The summed E-state index contributed by atoms with van der Waals surface area (Å²) in [5.41, 5.74) is 4.57. The zero-order valence-corrected chi connectivity index (χ0v) is 17.8. The molecule has 7 heteroatoms. The third kappa shape index (κ3) is 2.99. The molecule has 156 valence electrons. The normalized spacial score (nSPS) is 14.5. The monoisotopic (exact) mass is 440 g/mol. The quantitative estimate of drug-likeness (QED) is 0.351. The van der Waals surface area contributed by atoms with Crippen LogP contribution in [0.25, 0.3) is 17.0 Å². The number of fused-ring (bicyclic) bond motifs is 4. The second kappa shape index (κ2) is 7.35. The van der Waals surface area contributed by atoms with Crippen LogP contribution in [-0.2, 0) is 0 Å². The lowest BCUT2D eigenvalue weighted by molar-refractivity contribution is 0.400. The molecule has 6 rings (SSSR count). The molecule has 1 atom stereocenters. The molecule has 0 saturated carbocycles. The summed E-state index contributed by atoms with van der Waals surface area (Å²) in [6.45, 7) is 0. The standard InChI is InChI=1S/C25H17ClN4O2/c1-31-18-11-12-19-20(13-18)32-25-22(21(19)15-7-9-17(26)10-8-15)24-28-23(29-30(24)14-27-25)16-5-3-2-4-6-16/h2-14,21H,1H3. The van der Waals surface area contributed by atoms with Gasteiger partial charge in [0.25, 0.3) is 0 Å². The summed E-state index contributed by atoms with van der Waals surface area (Å²) in [6, 6.07) is 23.6. The zero-order chi connectivity index (χ0) is 21.7. The minimum Gasteiger partial charge on any atom is -0.497 e. The van der Waals surface area contributed by atoms with Crippen molar-refractivity contribution < 1.29 is 9.47 Å². The van der Waals surface area contributed by atoms with Gasteiger partial charge in [-0.1, -0.05) is 60.1 Å². The lowest BCUT2D eigenvalue weighted by Gasteiger charge is -2.28. The Balaban J connectivity index is 1.61. The van der Waals surface area contributed by atoms with Crippen LogP contribution in [0.4, 0.5) is 0 Å². The molecule has 32 heavy (non-hydrogen) atoms. The van der Waals surface area contributed by atoms with Crippen LogP contribution < -0.4 is 9.47 Å². The average Bonchev–Trinajstić information content (AvgIpc) is 3.28. The van der Waals surface area contributed by atoms with Gasteiger partial charge in [0, 0.05) is 28.1 Å². The van der Waals surface area contributed by atoms with E-state index in [4.69, 9.17) is 26.1 Å². The van der Waals surface area contributed by atoms with Crippen molar-refractivity contribution in [3.63, 3.8) is 0 Å². The molecule has 0 saturated heterocycles. The molecule has 0 spiro atoms. The predicted octanol–water partition coefficient (Wildman–Crippen LogP) is 5.74. The molecular weight excluding hydrogens is 424 g/mol. The summed E-state index contributed by atoms with van der Waals surface area (Å²) in [4.78, 5) is 9.45. The summed E-state index contributed by atoms with van der Waals surface area (Å²) in [6.07, 6.45) is 1.64. The van der Waals surface area contributed by atoms with Crippen molar-refractivity contribution in [2.45, 2.75) is 5.92 Å². The second-order valence-electron chi connectivity index (χ2n) is 7.52. The maximum absolute atomic E-state index is 6.22. The van der Waals surface area contributed by atoms with E-state index in [1.54, 1.807) is 18.0 Å². The first-order chi connectivity index (χ1) is 15.7. The maximum Gasteiger partial charge on any atom is 0.228 e. The smallest absolute Gasteiger partial charge is 0.228 e. The fourth-order valence-corrected chi connectivity index (χ4v) is 4.26. The Labute approximate surface area is 189 Å². The van der Waals surface area contributed by atoms with E-state index < -0.39 is 0 Å². The van der Waals surface area contributed by atoms with Crippen molar-refractivity contribution in [1.29, 1.82) is 0 Å². The van der Waals surface area contributed by atoms with Crippen LogP contribution in [0.3, 0.4) is 0 Å². The van der Waals surface area contributed by atoms with Crippen LogP contribution in [0.2, 0.25) is 5.02 Å². The minimum atomic E-state index is -0.152. The molecule has 0 fully saturated rings. The predicted molar refractivity (Wildman–Crippen MR) is 122 cm³/mol. The van der Waals surface area contributed by atoms with Gasteiger partial charge in [-0.3, -0.25) is 0 Å². The van der Waals surface area contributed by atoms with E-state index >= 15 is 0 Å². The first-order valence-electron chi connectivity index (χ1n) is 10.1. The highest BCUT2D eigenvalue weighted by Gasteiger charge is 2.33. The van der Waals surface area contributed by atoms with Gasteiger partial charge in [-0.05, 0) is 23.8 Å². The molecule has 5 aromatic rings. The van der Waals surface area contributed by atoms with Crippen molar-refractivity contribution in [3.8, 4) is 28.8 Å². The molecule has 6 nitrogen and oxygen atoms in total. The van der Waals surface area contributed by atoms with Crippen LogP contribution >= 0.6 is 11.6 Å². The number of hydrogen-bond acceptors (Lipinski definition) is 5. The number of ether oxygens (including phenoxy) is 2. The van der Waals surface area contributed by atoms with Crippen LogP contribution in [-0.4, -0.2) is 26.7 Å². The van der Waals surface area contributed by atoms with Crippen LogP contribution in [0.5, 0.6) is 17.4 Å².